The molecule has 77 heavy (non-hydrogen) atoms. The number of aromatic nitrogens is 2. The van der Waals surface area contributed by atoms with Gasteiger partial charge in [-0.25, -0.2) is 4.98 Å². The summed E-state index contributed by atoms with van der Waals surface area (Å²) >= 11 is 13.9. The van der Waals surface area contributed by atoms with E-state index >= 15 is 0 Å². The Morgan fingerprint density at radius 1 is 0.299 bits per heavy atom. The summed E-state index contributed by atoms with van der Waals surface area (Å²) in [5.41, 5.74) is 8.66. The lowest BCUT2D eigenvalue weighted by molar-refractivity contribution is 1.32. The van der Waals surface area contributed by atoms with Crippen molar-refractivity contribution in [1.29, 1.82) is 0 Å². The van der Waals surface area contributed by atoms with Crippen molar-refractivity contribution in [2.75, 3.05) is 0 Å². The van der Waals surface area contributed by atoms with Gasteiger partial charge in [-0.05, 0) is 134 Å². The van der Waals surface area contributed by atoms with Gasteiger partial charge in [-0.3, -0.25) is 4.40 Å². The van der Waals surface area contributed by atoms with E-state index in [9.17, 15) is 0 Å². The molecule has 0 aliphatic carbocycles. The van der Waals surface area contributed by atoms with Crippen LogP contribution in [0.15, 0.2) is 279 Å². The largest absolute Gasteiger partial charge is 0.292 e. The fourth-order valence-corrected chi connectivity index (χ4v) is 19.9. The molecule has 1 atom stereocenters. The summed E-state index contributed by atoms with van der Waals surface area (Å²) < 4.78 is 2.42. The minimum Gasteiger partial charge on any atom is -0.292 e. The second-order valence-electron chi connectivity index (χ2n) is 20.1. The summed E-state index contributed by atoms with van der Waals surface area (Å²) in [6, 6.07) is 96.9. The number of hydrogen-bond acceptors (Lipinski definition) is 3. The normalized spacial score (nSPS) is 12.9. The lowest BCUT2D eigenvalue weighted by Gasteiger charge is -2.26. The zero-order valence-electron chi connectivity index (χ0n) is 41.7. The molecule has 362 valence electrons. The van der Waals surface area contributed by atoms with Gasteiger partial charge in [-0.15, -0.1) is 0 Å². The second-order valence-corrected chi connectivity index (χ2v) is 28.9. The Morgan fingerprint density at radius 2 is 0.792 bits per heavy atom. The Bertz CT molecular complexity index is 4950. The highest BCUT2D eigenvalue weighted by atomic mass is 32.4. The Kier molecular flexibility index (Phi) is 10.9. The maximum Gasteiger partial charge on any atom is 0.147 e. The highest BCUT2D eigenvalue weighted by Crippen LogP contribution is 2.48. The average molecular weight is 1050 g/mol. The molecule has 0 fully saturated rings. The molecule has 0 aliphatic heterocycles. The monoisotopic (exact) mass is 1050 g/mol. The first kappa shape index (κ1) is 46.0. The number of benzene rings is 13. The predicted octanol–water partition coefficient (Wildman–Crippen LogP) is 16.3. The third kappa shape index (κ3) is 7.32. The van der Waals surface area contributed by atoms with E-state index in [4.69, 9.17) is 28.6 Å². The minimum absolute atomic E-state index is 0.951. The topological polar surface area (TPSA) is 17.3 Å². The van der Waals surface area contributed by atoms with Crippen LogP contribution in [0.3, 0.4) is 0 Å². The third-order valence-electron chi connectivity index (χ3n) is 15.9. The number of imidazole rings is 1. The van der Waals surface area contributed by atoms with Crippen LogP contribution in [-0.4, -0.2) is 9.38 Å². The standard InChI is InChI=1S/C71H46N2P2S2/c76-74(55-19-4-1-5-20-55,58-35-30-47-16-10-11-18-49(47)43-58)59-36-31-51-42-50(28-29-52(51)44-59)53-34-40-66-68(45-53)73-67-46-54(33-37-63(67)65-38-32-48-17-12-13-25-61(48)70(65)71(73)72-66)60-39-41-69(64-27-15-14-26-62(60)64)75(77,56-21-6-2-7-22-56)57-23-8-3-9-24-57/h1-46H. The summed E-state index contributed by atoms with van der Waals surface area (Å²) in [6.45, 7) is 0. The molecule has 15 rings (SSSR count). The number of rotatable bonds is 8. The molecule has 0 radical (unpaired) electrons. The van der Waals surface area contributed by atoms with Crippen LogP contribution in [0.2, 0.25) is 0 Å². The number of pyridine rings is 1. The molecule has 2 nitrogen and oxygen atoms in total. The van der Waals surface area contributed by atoms with Gasteiger partial charge < -0.3 is 0 Å². The van der Waals surface area contributed by atoms with Gasteiger partial charge in [-0.1, -0.05) is 266 Å². The van der Waals surface area contributed by atoms with E-state index < -0.39 is 12.1 Å². The molecule has 2 aromatic heterocycles. The smallest absolute Gasteiger partial charge is 0.147 e. The Hall–Kier alpha value is -8.33. The van der Waals surface area contributed by atoms with Crippen LogP contribution in [0.25, 0.3) is 104 Å². The molecule has 0 spiro atoms. The van der Waals surface area contributed by atoms with E-state index in [0.717, 1.165) is 44.3 Å². The average Bonchev–Trinajstić information content (AvgIpc) is 4.09. The van der Waals surface area contributed by atoms with Crippen molar-refractivity contribution < 1.29 is 0 Å². The van der Waals surface area contributed by atoms with Crippen LogP contribution in [0.1, 0.15) is 0 Å². The molecule has 0 saturated carbocycles. The van der Waals surface area contributed by atoms with Crippen LogP contribution in [0.5, 0.6) is 0 Å². The van der Waals surface area contributed by atoms with Crippen molar-refractivity contribution in [2.24, 2.45) is 0 Å². The zero-order chi connectivity index (χ0) is 51.2. The highest BCUT2D eigenvalue weighted by molar-refractivity contribution is 8.26. The van der Waals surface area contributed by atoms with Crippen LogP contribution in [0.4, 0.5) is 0 Å². The van der Waals surface area contributed by atoms with Crippen LogP contribution in [-0.2, 0) is 23.6 Å². The molecule has 15 aromatic rings. The summed E-state index contributed by atoms with van der Waals surface area (Å²) in [6.07, 6.45) is 0. The van der Waals surface area contributed by atoms with E-state index in [1.165, 1.54) is 91.3 Å². The molecule has 6 heteroatoms. The van der Waals surface area contributed by atoms with Crippen molar-refractivity contribution in [1.82, 2.24) is 9.38 Å². The Labute approximate surface area is 456 Å². The molecule has 0 aliphatic rings. The first-order valence-corrected chi connectivity index (χ1v) is 31.7. The molecule has 1 unspecified atom stereocenters. The fraction of sp³-hybridized carbons (Fsp3) is 0. The van der Waals surface area contributed by atoms with Gasteiger partial charge in [0.1, 0.15) is 5.65 Å². The first-order chi connectivity index (χ1) is 37.9. The van der Waals surface area contributed by atoms with Gasteiger partial charge in [0, 0.05) is 28.2 Å². The molecule has 13 aromatic carbocycles. The molecule has 0 N–H and O–H groups in total. The van der Waals surface area contributed by atoms with E-state index in [1.807, 2.05) is 0 Å². The Morgan fingerprint density at radius 3 is 1.51 bits per heavy atom. The second kappa shape index (κ2) is 18.2. The fourth-order valence-electron chi connectivity index (χ4n) is 12.1. The van der Waals surface area contributed by atoms with Gasteiger partial charge >= 0.3 is 0 Å². The maximum absolute atomic E-state index is 6.95. The van der Waals surface area contributed by atoms with E-state index in [1.54, 1.807) is 0 Å². The lowest BCUT2D eigenvalue weighted by atomic mass is 9.95. The van der Waals surface area contributed by atoms with Crippen molar-refractivity contribution >= 4 is 149 Å². The van der Waals surface area contributed by atoms with Crippen LogP contribution >= 0.6 is 12.1 Å². The van der Waals surface area contributed by atoms with Crippen molar-refractivity contribution in [2.45, 2.75) is 0 Å². The van der Waals surface area contributed by atoms with Crippen molar-refractivity contribution in [3.8, 4) is 22.3 Å². The van der Waals surface area contributed by atoms with Crippen molar-refractivity contribution in [3.05, 3.63) is 279 Å². The summed E-state index contributed by atoms with van der Waals surface area (Å²) in [4.78, 5) is 5.52. The van der Waals surface area contributed by atoms with E-state index in [-0.39, 0.29) is 0 Å². The first-order valence-electron chi connectivity index (χ1n) is 26.1. The zero-order valence-corrected chi connectivity index (χ0v) is 45.1. The van der Waals surface area contributed by atoms with Gasteiger partial charge in [0.2, 0.25) is 0 Å². The lowest BCUT2D eigenvalue weighted by Crippen LogP contribution is -2.25. The highest BCUT2D eigenvalue weighted by Gasteiger charge is 2.29. The number of hydrogen-bond donors (Lipinski definition) is 0. The summed E-state index contributed by atoms with van der Waals surface area (Å²) in [5, 5.41) is 20.2. The third-order valence-corrected chi connectivity index (χ3v) is 25.8. The predicted molar refractivity (Wildman–Crippen MR) is 341 cm³/mol. The van der Waals surface area contributed by atoms with Crippen LogP contribution in [0, 0.1) is 0 Å². The van der Waals surface area contributed by atoms with Gasteiger partial charge in [0.15, 0.2) is 0 Å². The molecule has 0 saturated heterocycles. The molecule has 2 heterocycles. The van der Waals surface area contributed by atoms with Gasteiger partial charge in [0.05, 0.1) is 16.6 Å². The molecular weight excluding hydrogens is 1010 g/mol. The van der Waals surface area contributed by atoms with Crippen LogP contribution < -0.4 is 31.8 Å². The molecular formula is C71H46N2P2S2. The SMILES string of the molecule is S=P(c1ccccc1)(c1ccc2ccccc2c1)c1ccc2cc(-c3ccc4nc5c6c7ccccc7ccc6c6ccc(-c7ccc(P(=S)(c8ccccc8)c8ccccc8)c8ccccc78)cc6n5c4c3)ccc2c1. The summed E-state index contributed by atoms with van der Waals surface area (Å²) in [5.74, 6) is 0. The molecule has 0 amide bonds. The van der Waals surface area contributed by atoms with Crippen molar-refractivity contribution in [3.63, 3.8) is 0 Å². The molecule has 0 bridgehead atoms. The van der Waals surface area contributed by atoms with E-state index in [0.29, 0.717) is 0 Å². The summed E-state index contributed by atoms with van der Waals surface area (Å²) in [7, 11) is 0. The van der Waals surface area contributed by atoms with E-state index in [2.05, 4.69) is 283 Å². The Balaban J connectivity index is 0.901. The quantitative estimate of drug-likeness (QED) is 0.112. The number of nitrogens with zero attached hydrogens (tertiary/aromatic N) is 2. The minimum atomic E-state index is -2.44. The van der Waals surface area contributed by atoms with Gasteiger partial charge in [-0.2, -0.15) is 0 Å². The number of fused-ring (bicyclic) bond motifs is 13. The maximum atomic E-state index is 6.95. The van der Waals surface area contributed by atoms with Gasteiger partial charge in [0.25, 0.3) is 0 Å².